The van der Waals surface area contributed by atoms with Gasteiger partial charge in [0.05, 0.1) is 17.0 Å². The molecule has 0 aliphatic rings. The summed E-state index contributed by atoms with van der Waals surface area (Å²) in [5.41, 5.74) is -0.0563. The van der Waals surface area contributed by atoms with Crippen LogP contribution in [0.15, 0.2) is 48.5 Å². The van der Waals surface area contributed by atoms with Gasteiger partial charge < -0.3 is 4.74 Å². The third-order valence-electron chi connectivity index (χ3n) is 2.33. The molecule has 0 fully saturated rings. The van der Waals surface area contributed by atoms with Crippen LogP contribution in [-0.4, -0.2) is 17.0 Å². The van der Waals surface area contributed by atoms with Crippen LogP contribution in [0.4, 0.5) is 11.4 Å². The number of nitrogens with zero attached hydrogens (tertiary/aromatic N) is 2. The first kappa shape index (κ1) is 16.4. The normalized spacial score (nSPS) is 9.24. The van der Waals surface area contributed by atoms with Gasteiger partial charge in [-0.2, -0.15) is 0 Å². The van der Waals surface area contributed by atoms with Gasteiger partial charge in [-0.25, -0.2) is 0 Å². The molecule has 21 heavy (non-hydrogen) atoms. The molecule has 0 saturated heterocycles. The molecule has 110 valence electrons. The number of halogens is 1. The highest BCUT2D eigenvalue weighted by molar-refractivity contribution is 6.32. The number of para-hydroxylation sites is 3. The predicted molar refractivity (Wildman–Crippen MR) is 77.8 cm³/mol. The molecule has 0 radical (unpaired) electrons. The largest absolute Gasteiger partial charge is 0.490 e. The third kappa shape index (κ3) is 4.73. The lowest BCUT2D eigenvalue weighted by Crippen LogP contribution is -1.92. The number of ether oxygens (including phenoxy) is 1. The Morgan fingerprint density at radius 1 is 0.905 bits per heavy atom. The first-order valence-corrected chi connectivity index (χ1v) is 6.01. The molecular formula is C13H11ClN2O5. The van der Waals surface area contributed by atoms with E-state index in [0.29, 0.717) is 0 Å². The van der Waals surface area contributed by atoms with Gasteiger partial charge in [-0.1, -0.05) is 35.9 Å². The molecule has 0 aliphatic heterocycles. The van der Waals surface area contributed by atoms with Crippen molar-refractivity contribution < 1.29 is 14.6 Å². The fourth-order valence-corrected chi connectivity index (χ4v) is 1.59. The summed E-state index contributed by atoms with van der Waals surface area (Å²) in [5.74, 6) is 0.289. The van der Waals surface area contributed by atoms with Gasteiger partial charge in [0.1, 0.15) is 5.02 Å². The lowest BCUT2D eigenvalue weighted by atomic mass is 10.3. The predicted octanol–water partition coefficient (Wildman–Crippen LogP) is 3.85. The molecule has 0 N–H and O–H groups in total. The van der Waals surface area contributed by atoms with E-state index in [4.69, 9.17) is 16.3 Å². The molecular weight excluding hydrogens is 300 g/mol. The van der Waals surface area contributed by atoms with Crippen LogP contribution in [0.25, 0.3) is 0 Å². The van der Waals surface area contributed by atoms with Crippen LogP contribution in [-0.2, 0) is 0 Å². The summed E-state index contributed by atoms with van der Waals surface area (Å²) in [7, 11) is 1.41. The molecule has 8 heteroatoms. The lowest BCUT2D eigenvalue weighted by molar-refractivity contribution is -0.385. The minimum Gasteiger partial charge on any atom is -0.490 e. The van der Waals surface area contributed by atoms with Crippen LogP contribution < -0.4 is 4.74 Å². The molecule has 2 rings (SSSR count). The van der Waals surface area contributed by atoms with Crippen molar-refractivity contribution in [1.82, 2.24) is 0 Å². The Kier molecular flexibility index (Phi) is 6.09. The standard InChI is InChI=1S/C7H7NO3.C6H4ClNO2/c1-11-7-5-3-2-4-6(7)8(9)10;7-5-3-1-2-4-6(5)8(9)10/h2-5H,1H3;1-4H. The van der Waals surface area contributed by atoms with Gasteiger partial charge >= 0.3 is 5.69 Å². The van der Waals surface area contributed by atoms with Crippen molar-refractivity contribution in [3.8, 4) is 5.75 Å². The molecule has 2 aromatic carbocycles. The van der Waals surface area contributed by atoms with E-state index < -0.39 is 9.85 Å². The molecule has 0 aromatic heterocycles. The van der Waals surface area contributed by atoms with Crippen molar-refractivity contribution in [2.24, 2.45) is 0 Å². The van der Waals surface area contributed by atoms with Crippen LogP contribution >= 0.6 is 11.6 Å². The molecule has 0 heterocycles. The van der Waals surface area contributed by atoms with Crippen LogP contribution in [0.1, 0.15) is 0 Å². The molecule has 0 unspecified atom stereocenters. The topological polar surface area (TPSA) is 95.5 Å². The van der Waals surface area contributed by atoms with Crippen LogP contribution in [0, 0.1) is 20.2 Å². The van der Waals surface area contributed by atoms with Crippen LogP contribution in [0.5, 0.6) is 5.75 Å². The fraction of sp³-hybridized carbons (Fsp3) is 0.0769. The van der Waals surface area contributed by atoms with E-state index in [1.54, 1.807) is 30.3 Å². The van der Waals surface area contributed by atoms with Crippen molar-refractivity contribution in [2.75, 3.05) is 7.11 Å². The highest BCUT2D eigenvalue weighted by Crippen LogP contribution is 2.24. The van der Waals surface area contributed by atoms with E-state index in [0.717, 1.165) is 0 Å². The minimum absolute atomic E-state index is 0.00463. The average molecular weight is 311 g/mol. The summed E-state index contributed by atoms with van der Waals surface area (Å²) >= 11 is 5.48. The summed E-state index contributed by atoms with van der Waals surface area (Å²) in [6, 6.07) is 12.3. The number of nitro benzene ring substituents is 2. The number of hydrogen-bond donors (Lipinski definition) is 0. The number of rotatable bonds is 3. The van der Waals surface area contributed by atoms with E-state index in [2.05, 4.69) is 0 Å². The van der Waals surface area contributed by atoms with Crippen molar-refractivity contribution >= 4 is 23.0 Å². The van der Waals surface area contributed by atoms with Gasteiger partial charge in [-0.15, -0.1) is 0 Å². The summed E-state index contributed by atoms with van der Waals surface area (Å²) in [6.45, 7) is 0. The highest BCUT2D eigenvalue weighted by atomic mass is 35.5. The Morgan fingerprint density at radius 3 is 1.76 bits per heavy atom. The molecule has 0 saturated carbocycles. The zero-order valence-corrected chi connectivity index (χ0v) is 11.7. The minimum atomic E-state index is -0.512. The van der Waals surface area contributed by atoms with Crippen molar-refractivity contribution in [1.29, 1.82) is 0 Å². The quantitative estimate of drug-likeness (QED) is 0.633. The van der Waals surface area contributed by atoms with Gasteiger partial charge in [-0.05, 0) is 12.1 Å². The Morgan fingerprint density at radius 2 is 1.38 bits per heavy atom. The maximum atomic E-state index is 10.3. The summed E-state index contributed by atoms with van der Waals surface area (Å²) < 4.78 is 4.76. The van der Waals surface area contributed by atoms with E-state index in [1.165, 1.54) is 25.3 Å². The number of benzene rings is 2. The van der Waals surface area contributed by atoms with Gasteiger partial charge in [0, 0.05) is 12.1 Å². The zero-order chi connectivity index (χ0) is 15.8. The lowest BCUT2D eigenvalue weighted by Gasteiger charge is -1.98. The van der Waals surface area contributed by atoms with Crippen molar-refractivity contribution in [3.05, 3.63) is 73.8 Å². The van der Waals surface area contributed by atoms with E-state index in [1.807, 2.05) is 0 Å². The second kappa shape index (κ2) is 7.81. The summed E-state index contributed by atoms with van der Waals surface area (Å²) in [4.78, 5) is 19.5. The smallest absolute Gasteiger partial charge is 0.310 e. The average Bonchev–Trinajstić information content (AvgIpc) is 2.48. The molecule has 7 nitrogen and oxygen atoms in total. The maximum Gasteiger partial charge on any atom is 0.310 e. The molecule has 0 aliphatic carbocycles. The second-order valence-electron chi connectivity index (χ2n) is 3.64. The van der Waals surface area contributed by atoms with E-state index in [-0.39, 0.29) is 22.1 Å². The van der Waals surface area contributed by atoms with Crippen LogP contribution in [0.2, 0.25) is 5.02 Å². The summed E-state index contributed by atoms with van der Waals surface area (Å²) in [6.07, 6.45) is 0. The van der Waals surface area contributed by atoms with E-state index in [9.17, 15) is 20.2 Å². The van der Waals surface area contributed by atoms with Crippen molar-refractivity contribution in [3.63, 3.8) is 0 Å². The Balaban J connectivity index is 0.000000211. The molecule has 0 atom stereocenters. The molecule has 0 spiro atoms. The van der Waals surface area contributed by atoms with Crippen LogP contribution in [0.3, 0.4) is 0 Å². The van der Waals surface area contributed by atoms with Gasteiger partial charge in [0.15, 0.2) is 5.75 Å². The maximum absolute atomic E-state index is 10.3. The molecule has 0 amide bonds. The SMILES string of the molecule is COc1ccccc1[N+](=O)[O-].O=[N+]([O-])c1ccccc1Cl. The van der Waals surface area contributed by atoms with Gasteiger partial charge in [0.2, 0.25) is 0 Å². The second-order valence-corrected chi connectivity index (χ2v) is 4.04. The first-order chi connectivity index (χ1) is 9.97. The number of methoxy groups -OCH3 is 1. The van der Waals surface area contributed by atoms with Gasteiger partial charge in [0.25, 0.3) is 5.69 Å². The fourth-order valence-electron chi connectivity index (χ4n) is 1.38. The highest BCUT2D eigenvalue weighted by Gasteiger charge is 2.11. The zero-order valence-electron chi connectivity index (χ0n) is 10.9. The number of hydrogen-bond acceptors (Lipinski definition) is 5. The van der Waals surface area contributed by atoms with Gasteiger partial charge in [-0.3, -0.25) is 20.2 Å². The first-order valence-electron chi connectivity index (χ1n) is 5.63. The summed E-state index contributed by atoms with van der Waals surface area (Å²) in [5, 5.41) is 20.6. The Bertz CT molecular complexity index is 648. The Hall–Kier alpha value is -2.67. The monoisotopic (exact) mass is 310 g/mol. The molecule has 0 bridgehead atoms. The Labute approximate surface area is 125 Å². The molecule has 2 aromatic rings. The third-order valence-corrected chi connectivity index (χ3v) is 2.65. The van der Waals surface area contributed by atoms with Crippen molar-refractivity contribution in [2.45, 2.75) is 0 Å². The van der Waals surface area contributed by atoms with E-state index >= 15 is 0 Å². The number of nitro groups is 2.